The summed E-state index contributed by atoms with van der Waals surface area (Å²) in [5, 5.41) is 14.6. The van der Waals surface area contributed by atoms with Crippen molar-refractivity contribution >= 4 is 16.5 Å². The molecule has 16 heteroatoms. The lowest BCUT2D eigenvalue weighted by atomic mass is 10.1. The molecule has 0 bridgehead atoms. The number of halogens is 7. The first-order valence-corrected chi connectivity index (χ1v) is 12.4. The van der Waals surface area contributed by atoms with Crippen LogP contribution in [0, 0.1) is 5.82 Å². The van der Waals surface area contributed by atoms with Crippen molar-refractivity contribution in [1.82, 2.24) is 24.7 Å². The summed E-state index contributed by atoms with van der Waals surface area (Å²) in [6.07, 6.45) is -5.20. The second kappa shape index (κ2) is 13.1. The van der Waals surface area contributed by atoms with Crippen LogP contribution >= 0.6 is 0 Å². The third-order valence-corrected chi connectivity index (χ3v) is 5.99. The molecule has 4 aromatic rings. The number of anilines is 1. The summed E-state index contributed by atoms with van der Waals surface area (Å²) in [6.45, 7) is 2.62. The van der Waals surface area contributed by atoms with Crippen LogP contribution in [0.15, 0.2) is 52.6 Å². The number of alkyl halides is 6. The maximum atomic E-state index is 14.7. The van der Waals surface area contributed by atoms with Crippen molar-refractivity contribution in [2.24, 2.45) is 0 Å². The lowest BCUT2D eigenvalue weighted by Crippen LogP contribution is -2.30. The van der Waals surface area contributed by atoms with Gasteiger partial charge in [-0.15, -0.1) is 0 Å². The molecule has 0 aliphatic carbocycles. The standard InChI is InChI=1S/C21H21F4N3O2.C5H4F3N3O/c1-2-3-4-6-28-7-5-14-9-16(17(22)10-15(14)20(28)30)19-26-11-13(12-27-19)8-18(29)21(23,24)25;6-5(7,8)3-2(9)1-10-11-4(3)12/h5,7,9-12,18,29H,2-4,6,8H2,1H3;1H,(H3,9,11,12). The number of rotatable bonds is 7. The van der Waals surface area contributed by atoms with E-state index in [1.54, 1.807) is 21.9 Å². The number of pyridine rings is 1. The zero-order chi connectivity index (χ0) is 31.2. The number of hydrogen-bond donors (Lipinski definition) is 3. The molecule has 42 heavy (non-hydrogen) atoms. The zero-order valence-electron chi connectivity index (χ0n) is 21.9. The number of aliphatic hydroxyl groups is 1. The molecule has 0 saturated heterocycles. The van der Waals surface area contributed by atoms with E-state index in [0.717, 1.165) is 43.9 Å². The van der Waals surface area contributed by atoms with Gasteiger partial charge in [0, 0.05) is 31.6 Å². The van der Waals surface area contributed by atoms with Gasteiger partial charge in [0.25, 0.3) is 11.1 Å². The minimum absolute atomic E-state index is 0.0215. The predicted molar refractivity (Wildman–Crippen MR) is 139 cm³/mol. The molecule has 226 valence electrons. The second-order valence-corrected chi connectivity index (χ2v) is 9.14. The van der Waals surface area contributed by atoms with E-state index < -0.39 is 47.5 Å². The number of aromatic amines is 1. The summed E-state index contributed by atoms with van der Waals surface area (Å²) in [6, 6.07) is 4.29. The number of nitrogens with zero attached hydrogens (tertiary/aromatic N) is 4. The highest BCUT2D eigenvalue weighted by atomic mass is 19.4. The minimum atomic E-state index is -4.74. The van der Waals surface area contributed by atoms with Crippen LogP contribution in [0.2, 0.25) is 0 Å². The first kappa shape index (κ1) is 32.2. The molecule has 0 aliphatic heterocycles. The Labute approximate surface area is 232 Å². The van der Waals surface area contributed by atoms with Crippen molar-refractivity contribution in [3.8, 4) is 11.4 Å². The molecule has 1 unspecified atom stereocenters. The third kappa shape index (κ3) is 7.90. The minimum Gasteiger partial charge on any atom is -0.397 e. The first-order chi connectivity index (χ1) is 19.6. The van der Waals surface area contributed by atoms with E-state index >= 15 is 0 Å². The Bertz CT molecular complexity index is 1630. The number of aliphatic hydroxyl groups excluding tert-OH is 1. The monoisotopic (exact) mass is 602 g/mol. The highest BCUT2D eigenvalue weighted by Crippen LogP contribution is 2.29. The molecule has 0 radical (unpaired) electrons. The average Bonchev–Trinajstić information content (AvgIpc) is 2.90. The van der Waals surface area contributed by atoms with E-state index in [2.05, 4.69) is 22.0 Å². The van der Waals surface area contributed by atoms with Gasteiger partial charge in [0.2, 0.25) is 0 Å². The maximum absolute atomic E-state index is 14.7. The van der Waals surface area contributed by atoms with Gasteiger partial charge in [-0.2, -0.15) is 31.4 Å². The molecule has 1 atom stereocenters. The van der Waals surface area contributed by atoms with Gasteiger partial charge < -0.3 is 15.4 Å². The molecule has 0 spiro atoms. The Morgan fingerprint density at radius 2 is 1.71 bits per heavy atom. The van der Waals surface area contributed by atoms with Crippen LogP contribution in [-0.4, -0.2) is 42.1 Å². The zero-order valence-corrected chi connectivity index (χ0v) is 21.9. The van der Waals surface area contributed by atoms with Crippen molar-refractivity contribution in [2.75, 3.05) is 5.73 Å². The SMILES string of the molecule is CCCCCn1ccc2cc(-c3ncc(CC(O)C(F)(F)F)cn3)c(F)cc2c1=O.Nc1cn[nH]c(=O)c1C(F)(F)F. The van der Waals surface area contributed by atoms with Gasteiger partial charge in [0.1, 0.15) is 11.4 Å². The van der Waals surface area contributed by atoms with Gasteiger partial charge in [0.05, 0.1) is 22.8 Å². The fraction of sp³-hybridized carbons (Fsp3) is 0.346. The predicted octanol–water partition coefficient (Wildman–Crippen LogP) is 4.62. The molecule has 0 fully saturated rings. The van der Waals surface area contributed by atoms with E-state index in [1.807, 2.05) is 0 Å². The van der Waals surface area contributed by atoms with Crippen molar-refractivity contribution in [3.63, 3.8) is 0 Å². The molecule has 0 aliphatic rings. The number of nitrogens with two attached hydrogens (primary N) is 1. The van der Waals surface area contributed by atoms with Crippen LogP contribution < -0.4 is 16.9 Å². The number of H-pyrrole nitrogens is 1. The van der Waals surface area contributed by atoms with Crippen LogP contribution in [0.25, 0.3) is 22.2 Å². The van der Waals surface area contributed by atoms with Crippen LogP contribution in [-0.2, 0) is 19.1 Å². The van der Waals surface area contributed by atoms with Crippen molar-refractivity contribution < 1.29 is 35.8 Å². The number of fused-ring (bicyclic) bond motifs is 1. The molecule has 0 saturated carbocycles. The summed E-state index contributed by atoms with van der Waals surface area (Å²) in [5.41, 5.74) is 1.31. The van der Waals surface area contributed by atoms with E-state index in [4.69, 9.17) is 10.8 Å². The normalized spacial score (nSPS) is 12.6. The molecule has 4 rings (SSSR count). The second-order valence-electron chi connectivity index (χ2n) is 9.14. The summed E-state index contributed by atoms with van der Waals surface area (Å²) in [7, 11) is 0. The summed E-state index contributed by atoms with van der Waals surface area (Å²) >= 11 is 0. The largest absolute Gasteiger partial charge is 0.423 e. The number of benzene rings is 1. The number of hydrogen-bond acceptors (Lipinski definition) is 7. The van der Waals surface area contributed by atoms with Gasteiger partial charge in [0.15, 0.2) is 11.9 Å². The summed E-state index contributed by atoms with van der Waals surface area (Å²) < 4.78 is 89.6. The number of aryl methyl sites for hydroxylation is 1. The summed E-state index contributed by atoms with van der Waals surface area (Å²) in [5.74, 6) is -0.722. The fourth-order valence-corrected chi connectivity index (χ4v) is 3.83. The maximum Gasteiger partial charge on any atom is 0.423 e. The van der Waals surface area contributed by atoms with Gasteiger partial charge in [-0.3, -0.25) is 9.59 Å². The Balaban J connectivity index is 0.000000337. The molecule has 0 amide bonds. The Morgan fingerprint density at radius 1 is 1.05 bits per heavy atom. The first-order valence-electron chi connectivity index (χ1n) is 12.4. The molecule has 1 aromatic carbocycles. The number of unbranched alkanes of at least 4 members (excludes halogenated alkanes) is 2. The van der Waals surface area contributed by atoms with E-state index in [0.29, 0.717) is 11.9 Å². The smallest absolute Gasteiger partial charge is 0.397 e. The fourth-order valence-electron chi connectivity index (χ4n) is 3.83. The van der Waals surface area contributed by atoms with Crippen LogP contribution in [0.1, 0.15) is 37.3 Å². The Hall–Kier alpha value is -4.34. The number of nitrogens with one attached hydrogen (secondary N) is 1. The topological polar surface area (TPSA) is 140 Å². The lowest BCUT2D eigenvalue weighted by molar-refractivity contribution is -0.203. The van der Waals surface area contributed by atoms with Crippen molar-refractivity contribution in [2.45, 2.75) is 57.6 Å². The van der Waals surface area contributed by atoms with Crippen LogP contribution in [0.3, 0.4) is 0 Å². The Morgan fingerprint density at radius 3 is 2.26 bits per heavy atom. The molecular formula is C26H25F7N6O3. The van der Waals surface area contributed by atoms with Gasteiger partial charge in [-0.1, -0.05) is 19.8 Å². The molecule has 3 aromatic heterocycles. The van der Waals surface area contributed by atoms with Crippen molar-refractivity contribution in [3.05, 3.63) is 80.6 Å². The molecular weight excluding hydrogens is 577 g/mol. The van der Waals surface area contributed by atoms with Crippen molar-refractivity contribution in [1.29, 1.82) is 0 Å². The quantitative estimate of drug-likeness (QED) is 0.207. The highest BCUT2D eigenvalue weighted by Gasteiger charge is 2.38. The van der Waals surface area contributed by atoms with Crippen LogP contribution in [0.4, 0.5) is 36.4 Å². The van der Waals surface area contributed by atoms with E-state index in [1.165, 1.54) is 6.07 Å². The number of aromatic nitrogens is 5. The van der Waals surface area contributed by atoms with Crippen LogP contribution in [0.5, 0.6) is 0 Å². The van der Waals surface area contributed by atoms with Gasteiger partial charge in [-0.05, 0) is 35.6 Å². The highest BCUT2D eigenvalue weighted by molar-refractivity contribution is 5.85. The molecule has 3 heterocycles. The van der Waals surface area contributed by atoms with E-state index in [-0.39, 0.29) is 27.9 Å². The van der Waals surface area contributed by atoms with Gasteiger partial charge in [-0.25, -0.2) is 19.5 Å². The van der Waals surface area contributed by atoms with Gasteiger partial charge >= 0.3 is 12.4 Å². The number of nitrogen functional groups attached to an aromatic ring is 1. The molecule has 4 N–H and O–H groups in total. The molecule has 9 nitrogen and oxygen atoms in total. The Kier molecular flexibility index (Phi) is 10.0. The lowest BCUT2D eigenvalue weighted by Gasteiger charge is -2.14. The third-order valence-electron chi connectivity index (χ3n) is 5.99. The summed E-state index contributed by atoms with van der Waals surface area (Å²) in [4.78, 5) is 31.0. The van der Waals surface area contributed by atoms with E-state index in [9.17, 15) is 40.3 Å². The average molecular weight is 603 g/mol.